The Kier molecular flexibility index (Phi) is 5.00. The van der Waals surface area contributed by atoms with Crippen molar-refractivity contribution in [3.63, 3.8) is 0 Å². The number of hydrogen-bond donors (Lipinski definition) is 0. The lowest BCUT2D eigenvalue weighted by molar-refractivity contribution is -0.129. The lowest BCUT2D eigenvalue weighted by Crippen LogP contribution is -2.41. The molecule has 5 rings (SSSR count). The predicted octanol–water partition coefficient (Wildman–Crippen LogP) is 3.03. The van der Waals surface area contributed by atoms with Gasteiger partial charge in [-0.15, -0.1) is 10.2 Å². The molecule has 2 aliphatic heterocycles. The summed E-state index contributed by atoms with van der Waals surface area (Å²) >= 11 is 0. The van der Waals surface area contributed by atoms with Gasteiger partial charge in [0.05, 0.1) is 18.5 Å². The molecule has 31 heavy (non-hydrogen) atoms. The van der Waals surface area contributed by atoms with Gasteiger partial charge in [0.15, 0.2) is 0 Å². The Bertz CT molecular complexity index is 1090. The van der Waals surface area contributed by atoms with Gasteiger partial charge in [0.25, 0.3) is 0 Å². The van der Waals surface area contributed by atoms with Crippen LogP contribution in [0.2, 0.25) is 0 Å². The minimum Gasteiger partial charge on any atom is -0.497 e. The summed E-state index contributed by atoms with van der Waals surface area (Å²) in [6.45, 7) is 2.77. The minimum atomic E-state index is 0.271. The normalized spacial score (nSPS) is 19.1. The van der Waals surface area contributed by atoms with Crippen LogP contribution in [-0.4, -0.2) is 64.4 Å². The molecule has 0 unspecified atom stereocenters. The number of piperidine rings is 1. The molecule has 8 nitrogen and oxygen atoms in total. The van der Waals surface area contributed by atoms with Crippen LogP contribution in [0.3, 0.4) is 0 Å². The average Bonchev–Trinajstić information content (AvgIpc) is 3.25. The molecule has 2 aromatic heterocycles. The second kappa shape index (κ2) is 7.83. The first kappa shape index (κ1) is 19.8. The number of nitrogens with zero attached hydrogens (tertiary/aromatic N) is 6. The van der Waals surface area contributed by atoms with Crippen molar-refractivity contribution in [2.24, 2.45) is 5.41 Å². The van der Waals surface area contributed by atoms with Gasteiger partial charge in [-0.2, -0.15) is 9.61 Å². The highest BCUT2D eigenvalue weighted by molar-refractivity contribution is 5.76. The number of benzene rings is 1. The molecule has 4 heterocycles. The highest BCUT2D eigenvalue weighted by Gasteiger charge is 2.37. The van der Waals surface area contributed by atoms with E-state index in [9.17, 15) is 4.79 Å². The summed E-state index contributed by atoms with van der Waals surface area (Å²) in [5, 5.41) is 13.1. The third kappa shape index (κ3) is 3.71. The summed E-state index contributed by atoms with van der Waals surface area (Å²) in [7, 11) is 3.59. The van der Waals surface area contributed by atoms with E-state index in [1.165, 1.54) is 0 Å². The number of anilines is 1. The van der Waals surface area contributed by atoms with Crippen LogP contribution >= 0.6 is 0 Å². The standard InChI is InChI=1S/C23H28N6O2/c1-27-12-9-23(8-7-21(27)30)10-13-28(14-11-23)20-15-19(26-29-16-24-25-22(20)29)17-3-5-18(31-2)6-4-17/h3-6,15-16H,7-14H2,1-2H3. The van der Waals surface area contributed by atoms with Crippen molar-refractivity contribution in [3.05, 3.63) is 36.7 Å². The minimum absolute atomic E-state index is 0.271. The Balaban J connectivity index is 1.41. The van der Waals surface area contributed by atoms with Crippen molar-refractivity contribution in [2.45, 2.75) is 32.1 Å². The van der Waals surface area contributed by atoms with Crippen molar-refractivity contribution >= 4 is 17.2 Å². The maximum atomic E-state index is 12.1. The van der Waals surface area contributed by atoms with Crippen LogP contribution in [0.15, 0.2) is 36.7 Å². The summed E-state index contributed by atoms with van der Waals surface area (Å²) in [5.41, 5.74) is 4.02. The first-order chi connectivity index (χ1) is 15.1. The van der Waals surface area contributed by atoms with Gasteiger partial charge in [-0.3, -0.25) is 4.79 Å². The molecule has 0 N–H and O–H groups in total. The quantitative estimate of drug-likeness (QED) is 0.648. The van der Waals surface area contributed by atoms with Crippen molar-refractivity contribution in [2.75, 3.05) is 38.7 Å². The Morgan fingerprint density at radius 2 is 1.77 bits per heavy atom. The van der Waals surface area contributed by atoms with Gasteiger partial charge in [-0.25, -0.2) is 0 Å². The van der Waals surface area contributed by atoms with Gasteiger partial charge >= 0.3 is 0 Å². The molecule has 1 aromatic carbocycles. The maximum Gasteiger partial charge on any atom is 0.222 e. The van der Waals surface area contributed by atoms with Gasteiger partial charge in [0.1, 0.15) is 12.1 Å². The van der Waals surface area contributed by atoms with E-state index in [2.05, 4.69) is 21.2 Å². The molecule has 0 saturated carbocycles. The summed E-state index contributed by atoms with van der Waals surface area (Å²) in [6.07, 6.45) is 6.60. The highest BCUT2D eigenvalue weighted by atomic mass is 16.5. The van der Waals surface area contributed by atoms with Crippen molar-refractivity contribution in [3.8, 4) is 17.0 Å². The topological polar surface area (TPSA) is 75.9 Å². The van der Waals surface area contributed by atoms with Crippen LogP contribution < -0.4 is 9.64 Å². The molecule has 3 aromatic rings. The first-order valence-corrected chi connectivity index (χ1v) is 10.9. The van der Waals surface area contributed by atoms with E-state index in [-0.39, 0.29) is 11.3 Å². The number of rotatable bonds is 3. The molecular formula is C23H28N6O2. The Hall–Kier alpha value is -3.16. The van der Waals surface area contributed by atoms with Gasteiger partial charge in [0, 0.05) is 38.7 Å². The summed E-state index contributed by atoms with van der Waals surface area (Å²) in [4.78, 5) is 16.4. The smallest absolute Gasteiger partial charge is 0.222 e. The van der Waals surface area contributed by atoms with E-state index < -0.39 is 0 Å². The van der Waals surface area contributed by atoms with Crippen LogP contribution in [0.1, 0.15) is 32.1 Å². The SMILES string of the molecule is COc1ccc(-c2cc(N3CCC4(CCC(=O)N(C)CC4)CC3)c3nncn3n2)cc1. The molecule has 1 amide bonds. The van der Waals surface area contributed by atoms with E-state index in [0.717, 1.165) is 73.7 Å². The Morgan fingerprint density at radius 3 is 2.52 bits per heavy atom. The summed E-state index contributed by atoms with van der Waals surface area (Å²) in [6, 6.07) is 10.1. The molecule has 2 fully saturated rings. The largest absolute Gasteiger partial charge is 0.497 e. The van der Waals surface area contributed by atoms with Gasteiger partial charge < -0.3 is 14.5 Å². The predicted molar refractivity (Wildman–Crippen MR) is 118 cm³/mol. The molecule has 0 radical (unpaired) electrons. The Morgan fingerprint density at radius 1 is 1.03 bits per heavy atom. The molecule has 8 heteroatoms. The second-order valence-corrected chi connectivity index (χ2v) is 8.79. The number of aromatic nitrogens is 4. The number of fused-ring (bicyclic) bond motifs is 1. The number of likely N-dealkylation sites (tertiary alicyclic amines) is 1. The summed E-state index contributed by atoms with van der Waals surface area (Å²) in [5.74, 6) is 1.10. The molecule has 0 bridgehead atoms. The lowest BCUT2D eigenvalue weighted by atomic mass is 9.73. The van der Waals surface area contributed by atoms with E-state index in [0.29, 0.717) is 6.42 Å². The van der Waals surface area contributed by atoms with Crippen LogP contribution in [0.25, 0.3) is 16.9 Å². The maximum absolute atomic E-state index is 12.1. The van der Waals surface area contributed by atoms with E-state index >= 15 is 0 Å². The lowest BCUT2D eigenvalue weighted by Gasteiger charge is -2.42. The fourth-order valence-corrected chi connectivity index (χ4v) is 4.89. The third-order valence-corrected chi connectivity index (χ3v) is 7.07. The zero-order chi connectivity index (χ0) is 21.4. The Labute approximate surface area is 181 Å². The molecule has 2 aliphatic rings. The number of amides is 1. The van der Waals surface area contributed by atoms with Crippen molar-refractivity contribution in [1.82, 2.24) is 24.7 Å². The fourth-order valence-electron chi connectivity index (χ4n) is 4.89. The highest BCUT2D eigenvalue weighted by Crippen LogP contribution is 2.42. The van der Waals surface area contributed by atoms with Crippen LogP contribution in [-0.2, 0) is 4.79 Å². The zero-order valence-corrected chi connectivity index (χ0v) is 18.1. The third-order valence-electron chi connectivity index (χ3n) is 7.07. The first-order valence-electron chi connectivity index (χ1n) is 10.9. The van der Waals surface area contributed by atoms with Crippen molar-refractivity contribution in [1.29, 1.82) is 0 Å². The number of carbonyl (C=O) groups is 1. The van der Waals surface area contributed by atoms with Gasteiger partial charge in [0.2, 0.25) is 11.6 Å². The number of ether oxygens (including phenoxy) is 1. The number of methoxy groups -OCH3 is 1. The molecule has 162 valence electrons. The number of carbonyl (C=O) groups excluding carboxylic acids is 1. The zero-order valence-electron chi connectivity index (χ0n) is 18.1. The molecule has 0 aliphatic carbocycles. The van der Waals surface area contributed by atoms with E-state index in [1.807, 2.05) is 36.2 Å². The summed E-state index contributed by atoms with van der Waals surface area (Å²) < 4.78 is 7.04. The second-order valence-electron chi connectivity index (χ2n) is 8.79. The number of hydrogen-bond acceptors (Lipinski definition) is 6. The van der Waals surface area contributed by atoms with Crippen LogP contribution in [0.5, 0.6) is 5.75 Å². The molecule has 2 saturated heterocycles. The molecular weight excluding hydrogens is 392 g/mol. The van der Waals surface area contributed by atoms with E-state index in [1.54, 1.807) is 18.0 Å². The monoisotopic (exact) mass is 420 g/mol. The van der Waals surface area contributed by atoms with Crippen molar-refractivity contribution < 1.29 is 9.53 Å². The van der Waals surface area contributed by atoms with Crippen LogP contribution in [0, 0.1) is 5.41 Å². The fraction of sp³-hybridized carbons (Fsp3) is 0.478. The molecule has 0 atom stereocenters. The average molecular weight is 421 g/mol. The van der Waals surface area contributed by atoms with Crippen LogP contribution in [0.4, 0.5) is 5.69 Å². The van der Waals surface area contributed by atoms with E-state index in [4.69, 9.17) is 9.84 Å². The van der Waals surface area contributed by atoms with Gasteiger partial charge in [-0.1, -0.05) is 0 Å². The van der Waals surface area contributed by atoms with Gasteiger partial charge in [-0.05, 0) is 61.4 Å². The molecule has 1 spiro atoms.